The summed E-state index contributed by atoms with van der Waals surface area (Å²) in [5, 5.41) is 0. The normalized spacial score (nSPS) is 11.5. The molecular formula is C19H20O5. The van der Waals surface area contributed by atoms with E-state index in [1.165, 1.54) is 7.11 Å². The Morgan fingerprint density at radius 3 is 1.79 bits per heavy atom. The van der Waals surface area contributed by atoms with Crippen LogP contribution in [0.4, 0.5) is 0 Å². The number of carbonyl (C=O) groups is 2. The fraction of sp³-hybridized carbons (Fsp3) is 0.263. The van der Waals surface area contributed by atoms with Gasteiger partial charge in [0.1, 0.15) is 11.5 Å². The molecule has 0 aliphatic carbocycles. The van der Waals surface area contributed by atoms with Crippen molar-refractivity contribution >= 4 is 11.8 Å². The van der Waals surface area contributed by atoms with E-state index in [1.807, 2.05) is 0 Å². The number of hydrogen-bond donors (Lipinski definition) is 0. The predicted octanol–water partition coefficient (Wildman–Crippen LogP) is 3.23. The van der Waals surface area contributed by atoms with Crippen LogP contribution in [0.5, 0.6) is 11.5 Å². The molecule has 0 heterocycles. The Hall–Kier alpha value is -2.82. The topological polar surface area (TPSA) is 61.8 Å². The summed E-state index contributed by atoms with van der Waals surface area (Å²) in [6.45, 7) is 0. The van der Waals surface area contributed by atoms with E-state index in [-0.39, 0.29) is 12.2 Å². The van der Waals surface area contributed by atoms with Gasteiger partial charge in [0.2, 0.25) is 0 Å². The van der Waals surface area contributed by atoms with Gasteiger partial charge in [0.05, 0.1) is 27.2 Å². The summed E-state index contributed by atoms with van der Waals surface area (Å²) in [4.78, 5) is 24.6. The van der Waals surface area contributed by atoms with Gasteiger partial charge in [-0.1, -0.05) is 12.1 Å². The fourth-order valence-electron chi connectivity index (χ4n) is 2.40. The van der Waals surface area contributed by atoms with Crippen molar-refractivity contribution in [2.75, 3.05) is 21.3 Å². The zero-order chi connectivity index (χ0) is 17.5. The SMILES string of the molecule is COC(=O)[C@H](CC(=O)c1ccc(OC)cc1)c1ccc(OC)cc1. The van der Waals surface area contributed by atoms with Crippen LogP contribution in [0.25, 0.3) is 0 Å². The summed E-state index contributed by atoms with van der Waals surface area (Å²) in [5.41, 5.74) is 1.24. The van der Waals surface area contributed by atoms with Crippen molar-refractivity contribution in [3.63, 3.8) is 0 Å². The Morgan fingerprint density at radius 1 is 0.833 bits per heavy atom. The molecule has 0 fully saturated rings. The average molecular weight is 328 g/mol. The van der Waals surface area contributed by atoms with Crippen LogP contribution in [0.15, 0.2) is 48.5 Å². The molecular weight excluding hydrogens is 308 g/mol. The summed E-state index contributed by atoms with van der Waals surface area (Å²) in [6, 6.07) is 13.8. The van der Waals surface area contributed by atoms with Crippen molar-refractivity contribution in [2.45, 2.75) is 12.3 Å². The Kier molecular flexibility index (Phi) is 5.95. The molecule has 0 bridgehead atoms. The van der Waals surface area contributed by atoms with Crippen molar-refractivity contribution in [1.29, 1.82) is 0 Å². The molecule has 5 heteroatoms. The minimum atomic E-state index is -0.657. The smallest absolute Gasteiger partial charge is 0.313 e. The van der Waals surface area contributed by atoms with Crippen LogP contribution in [0, 0.1) is 0 Å². The van der Waals surface area contributed by atoms with Gasteiger partial charge in [-0.15, -0.1) is 0 Å². The molecule has 0 spiro atoms. The van der Waals surface area contributed by atoms with Crippen LogP contribution in [0.1, 0.15) is 28.3 Å². The third-order valence-corrected chi connectivity index (χ3v) is 3.81. The number of esters is 1. The molecule has 0 N–H and O–H groups in total. The predicted molar refractivity (Wildman–Crippen MR) is 89.7 cm³/mol. The lowest BCUT2D eigenvalue weighted by molar-refractivity contribution is -0.142. The first-order valence-electron chi connectivity index (χ1n) is 7.48. The first kappa shape index (κ1) is 17.5. The second-order valence-corrected chi connectivity index (χ2v) is 5.20. The van der Waals surface area contributed by atoms with Crippen molar-refractivity contribution < 1.29 is 23.8 Å². The quantitative estimate of drug-likeness (QED) is 0.577. The number of hydrogen-bond acceptors (Lipinski definition) is 5. The van der Waals surface area contributed by atoms with Gasteiger partial charge in [-0.05, 0) is 42.0 Å². The van der Waals surface area contributed by atoms with Crippen LogP contribution in [-0.4, -0.2) is 33.1 Å². The number of Topliss-reactive ketones (excluding diaryl/α,β-unsaturated/α-hetero) is 1. The average Bonchev–Trinajstić information content (AvgIpc) is 2.65. The molecule has 0 unspecified atom stereocenters. The number of rotatable bonds is 7. The van der Waals surface area contributed by atoms with E-state index < -0.39 is 11.9 Å². The molecule has 5 nitrogen and oxygen atoms in total. The van der Waals surface area contributed by atoms with Gasteiger partial charge in [0.15, 0.2) is 5.78 Å². The molecule has 0 aliphatic rings. The molecule has 0 radical (unpaired) electrons. The van der Waals surface area contributed by atoms with Crippen molar-refractivity contribution in [3.05, 3.63) is 59.7 Å². The molecule has 2 aromatic carbocycles. The highest BCUT2D eigenvalue weighted by Gasteiger charge is 2.25. The number of ketones is 1. The van der Waals surface area contributed by atoms with E-state index in [0.29, 0.717) is 22.6 Å². The largest absolute Gasteiger partial charge is 0.497 e. The maximum Gasteiger partial charge on any atom is 0.313 e. The molecule has 0 aliphatic heterocycles. The summed E-state index contributed by atoms with van der Waals surface area (Å²) >= 11 is 0. The standard InChI is InChI=1S/C19H20O5/c1-22-15-8-4-13(5-9-15)17(19(21)24-3)12-18(20)14-6-10-16(23-2)11-7-14/h4-11,17H,12H2,1-3H3/t17-/m1/s1. The van der Waals surface area contributed by atoms with E-state index >= 15 is 0 Å². The summed E-state index contributed by atoms with van der Waals surface area (Å²) in [6.07, 6.45) is 0.0331. The first-order valence-corrected chi connectivity index (χ1v) is 7.48. The molecule has 24 heavy (non-hydrogen) atoms. The highest BCUT2D eigenvalue weighted by Crippen LogP contribution is 2.26. The Morgan fingerprint density at radius 2 is 1.33 bits per heavy atom. The second kappa shape index (κ2) is 8.15. The van der Waals surface area contributed by atoms with Crippen LogP contribution >= 0.6 is 0 Å². The van der Waals surface area contributed by atoms with Gasteiger partial charge < -0.3 is 14.2 Å². The van der Waals surface area contributed by atoms with E-state index in [2.05, 4.69) is 0 Å². The second-order valence-electron chi connectivity index (χ2n) is 5.20. The first-order chi connectivity index (χ1) is 11.6. The van der Waals surface area contributed by atoms with Gasteiger partial charge in [-0.25, -0.2) is 0 Å². The van der Waals surface area contributed by atoms with Gasteiger partial charge in [0, 0.05) is 12.0 Å². The van der Waals surface area contributed by atoms with Crippen LogP contribution in [0.3, 0.4) is 0 Å². The number of methoxy groups -OCH3 is 3. The van der Waals surface area contributed by atoms with Crippen LogP contribution < -0.4 is 9.47 Å². The van der Waals surface area contributed by atoms with Crippen molar-refractivity contribution in [3.8, 4) is 11.5 Å². The van der Waals surface area contributed by atoms with Gasteiger partial charge in [0.25, 0.3) is 0 Å². The lowest BCUT2D eigenvalue weighted by Gasteiger charge is -2.15. The van der Waals surface area contributed by atoms with E-state index in [9.17, 15) is 9.59 Å². The Labute approximate surface area is 141 Å². The van der Waals surface area contributed by atoms with Gasteiger partial charge in [-0.2, -0.15) is 0 Å². The number of ether oxygens (including phenoxy) is 3. The van der Waals surface area contributed by atoms with Crippen LogP contribution in [-0.2, 0) is 9.53 Å². The van der Waals surface area contributed by atoms with Crippen molar-refractivity contribution in [2.24, 2.45) is 0 Å². The van der Waals surface area contributed by atoms with E-state index in [1.54, 1.807) is 62.8 Å². The number of benzene rings is 2. The maximum atomic E-state index is 12.5. The zero-order valence-electron chi connectivity index (χ0n) is 13.9. The minimum Gasteiger partial charge on any atom is -0.497 e. The van der Waals surface area contributed by atoms with Crippen molar-refractivity contribution in [1.82, 2.24) is 0 Å². The van der Waals surface area contributed by atoms with Gasteiger partial charge in [-0.3, -0.25) is 9.59 Å². The molecule has 0 amide bonds. The third kappa shape index (κ3) is 4.13. The summed E-state index contributed by atoms with van der Waals surface area (Å²) in [5.74, 6) is 0.122. The molecule has 126 valence electrons. The van der Waals surface area contributed by atoms with Crippen LogP contribution in [0.2, 0.25) is 0 Å². The molecule has 2 aromatic rings. The molecule has 0 aromatic heterocycles. The Balaban J connectivity index is 2.20. The Bertz CT molecular complexity index is 689. The van der Waals surface area contributed by atoms with Gasteiger partial charge >= 0.3 is 5.97 Å². The molecule has 2 rings (SSSR count). The third-order valence-electron chi connectivity index (χ3n) is 3.81. The minimum absolute atomic E-state index is 0.0331. The fourth-order valence-corrected chi connectivity index (χ4v) is 2.40. The lowest BCUT2D eigenvalue weighted by atomic mass is 9.91. The molecule has 0 saturated carbocycles. The van der Waals surface area contributed by atoms with E-state index in [4.69, 9.17) is 14.2 Å². The monoisotopic (exact) mass is 328 g/mol. The highest BCUT2D eigenvalue weighted by atomic mass is 16.5. The molecule has 1 atom stereocenters. The maximum absolute atomic E-state index is 12.5. The highest BCUT2D eigenvalue weighted by molar-refractivity contribution is 5.99. The summed E-state index contributed by atoms with van der Waals surface area (Å²) in [7, 11) is 4.45. The zero-order valence-corrected chi connectivity index (χ0v) is 13.9. The lowest BCUT2D eigenvalue weighted by Crippen LogP contribution is -2.18. The summed E-state index contributed by atoms with van der Waals surface area (Å²) < 4.78 is 15.0. The number of carbonyl (C=O) groups excluding carboxylic acids is 2. The van der Waals surface area contributed by atoms with E-state index in [0.717, 1.165) is 0 Å². The molecule has 0 saturated heterocycles.